The number of nitrogens with one attached hydrogen (secondary N) is 1. The van der Waals surface area contributed by atoms with Gasteiger partial charge in [-0.15, -0.1) is 10.2 Å². The zero-order valence-corrected chi connectivity index (χ0v) is 14.9. The Labute approximate surface area is 158 Å². The average molecular weight is 387 g/mol. The maximum Gasteiger partial charge on any atom is 0.249 e. The van der Waals surface area contributed by atoms with Gasteiger partial charge in [-0.25, -0.2) is 4.98 Å². The molecule has 0 saturated carbocycles. The predicted octanol–water partition coefficient (Wildman–Crippen LogP) is 4.74. The van der Waals surface area contributed by atoms with Gasteiger partial charge in [-0.3, -0.25) is 4.79 Å². The van der Waals surface area contributed by atoms with Gasteiger partial charge in [0.1, 0.15) is 0 Å². The number of rotatable bonds is 5. The SMILES string of the molecule is O=C(CCc1nnc(-c2ccc(Cl)cc2Cl)o1)c1nc2ccccc2[nH]1. The summed E-state index contributed by atoms with van der Waals surface area (Å²) in [4.78, 5) is 19.7. The van der Waals surface area contributed by atoms with Crippen molar-refractivity contribution in [3.63, 3.8) is 0 Å². The van der Waals surface area contributed by atoms with E-state index in [1.807, 2.05) is 24.3 Å². The molecule has 1 N–H and O–H groups in total. The highest BCUT2D eigenvalue weighted by atomic mass is 35.5. The highest BCUT2D eigenvalue weighted by molar-refractivity contribution is 6.36. The summed E-state index contributed by atoms with van der Waals surface area (Å²) in [5.74, 6) is 0.852. The lowest BCUT2D eigenvalue weighted by Gasteiger charge is -1.99. The molecular formula is C18H12Cl2N4O2. The topological polar surface area (TPSA) is 84.7 Å². The number of Topliss-reactive ketones (excluding diaryl/α,β-unsaturated/α-hetero) is 1. The van der Waals surface area contributed by atoms with E-state index >= 15 is 0 Å². The normalized spacial score (nSPS) is 11.2. The summed E-state index contributed by atoms with van der Waals surface area (Å²) in [7, 11) is 0. The predicted molar refractivity (Wildman–Crippen MR) is 98.5 cm³/mol. The van der Waals surface area contributed by atoms with Crippen LogP contribution in [0.2, 0.25) is 10.0 Å². The van der Waals surface area contributed by atoms with Gasteiger partial charge in [-0.1, -0.05) is 35.3 Å². The number of aromatic nitrogens is 4. The highest BCUT2D eigenvalue weighted by Crippen LogP contribution is 2.29. The molecule has 0 aliphatic heterocycles. The van der Waals surface area contributed by atoms with Crippen LogP contribution >= 0.6 is 23.2 Å². The minimum atomic E-state index is -0.120. The third-order valence-corrected chi connectivity index (χ3v) is 4.40. The standard InChI is InChI=1S/C18H12Cl2N4O2/c19-10-5-6-11(12(20)9-10)18-24-23-16(26-18)8-7-15(25)17-21-13-3-1-2-4-14(13)22-17/h1-6,9H,7-8H2,(H,21,22). The van der Waals surface area contributed by atoms with Gasteiger partial charge in [0.25, 0.3) is 0 Å². The number of nitrogens with zero attached hydrogens (tertiary/aromatic N) is 3. The van der Waals surface area contributed by atoms with Crippen LogP contribution in [0.3, 0.4) is 0 Å². The van der Waals surface area contributed by atoms with Crippen molar-refractivity contribution in [1.29, 1.82) is 0 Å². The van der Waals surface area contributed by atoms with E-state index in [0.717, 1.165) is 11.0 Å². The molecule has 8 heteroatoms. The summed E-state index contributed by atoms with van der Waals surface area (Å²) in [5.41, 5.74) is 2.18. The van der Waals surface area contributed by atoms with E-state index in [2.05, 4.69) is 20.2 Å². The van der Waals surface area contributed by atoms with Crippen molar-refractivity contribution in [2.24, 2.45) is 0 Å². The second-order valence-electron chi connectivity index (χ2n) is 5.65. The molecule has 4 aromatic rings. The van der Waals surface area contributed by atoms with E-state index in [-0.39, 0.29) is 18.1 Å². The highest BCUT2D eigenvalue weighted by Gasteiger charge is 2.16. The number of benzene rings is 2. The number of hydrogen-bond donors (Lipinski definition) is 1. The van der Waals surface area contributed by atoms with Gasteiger partial charge in [-0.2, -0.15) is 0 Å². The Kier molecular flexibility index (Phi) is 4.44. The Morgan fingerprint density at radius 1 is 1.12 bits per heavy atom. The van der Waals surface area contributed by atoms with Crippen LogP contribution in [0.25, 0.3) is 22.5 Å². The lowest BCUT2D eigenvalue weighted by molar-refractivity contribution is 0.0971. The van der Waals surface area contributed by atoms with Crippen molar-refractivity contribution >= 4 is 40.0 Å². The minimum absolute atomic E-state index is 0.120. The summed E-state index contributed by atoms with van der Waals surface area (Å²) in [5, 5.41) is 8.90. The maximum atomic E-state index is 12.3. The number of aromatic amines is 1. The largest absolute Gasteiger partial charge is 0.421 e. The van der Waals surface area contributed by atoms with Gasteiger partial charge < -0.3 is 9.40 Å². The summed E-state index contributed by atoms with van der Waals surface area (Å²) in [6, 6.07) is 12.5. The quantitative estimate of drug-likeness (QED) is 0.500. The van der Waals surface area contributed by atoms with Crippen molar-refractivity contribution < 1.29 is 9.21 Å². The van der Waals surface area contributed by atoms with Crippen LogP contribution in [-0.2, 0) is 6.42 Å². The molecule has 0 amide bonds. The number of hydrogen-bond acceptors (Lipinski definition) is 5. The zero-order valence-electron chi connectivity index (χ0n) is 13.4. The van der Waals surface area contributed by atoms with Crippen LogP contribution in [0.15, 0.2) is 46.9 Å². The third kappa shape index (κ3) is 3.34. The van der Waals surface area contributed by atoms with E-state index in [1.54, 1.807) is 18.2 Å². The monoisotopic (exact) mass is 386 g/mol. The van der Waals surface area contributed by atoms with Crippen molar-refractivity contribution in [3.8, 4) is 11.5 Å². The van der Waals surface area contributed by atoms with Crippen molar-refractivity contribution in [1.82, 2.24) is 20.2 Å². The molecule has 4 rings (SSSR count). The van der Waals surface area contributed by atoms with Gasteiger partial charge in [0, 0.05) is 17.9 Å². The number of ketones is 1. The number of H-pyrrole nitrogens is 1. The molecule has 130 valence electrons. The van der Waals surface area contributed by atoms with Crippen molar-refractivity contribution in [2.45, 2.75) is 12.8 Å². The number of carbonyl (C=O) groups is 1. The van der Waals surface area contributed by atoms with E-state index < -0.39 is 0 Å². The smallest absolute Gasteiger partial charge is 0.249 e. The van der Waals surface area contributed by atoms with Crippen LogP contribution in [0.1, 0.15) is 22.9 Å². The fraction of sp³-hybridized carbons (Fsp3) is 0.111. The van der Waals surface area contributed by atoms with Crippen LogP contribution < -0.4 is 0 Å². The third-order valence-electron chi connectivity index (χ3n) is 3.85. The molecule has 2 aromatic heterocycles. The molecular weight excluding hydrogens is 375 g/mol. The van der Waals surface area contributed by atoms with Gasteiger partial charge in [-0.05, 0) is 30.3 Å². The summed E-state index contributed by atoms with van der Waals surface area (Å²) in [6.45, 7) is 0. The second kappa shape index (κ2) is 6.90. The summed E-state index contributed by atoms with van der Waals surface area (Å²) in [6.07, 6.45) is 0.518. The number of imidazole rings is 1. The Bertz CT molecular complexity index is 1070. The molecule has 0 spiro atoms. The second-order valence-corrected chi connectivity index (χ2v) is 6.49. The lowest BCUT2D eigenvalue weighted by Crippen LogP contribution is -2.03. The molecule has 2 heterocycles. The average Bonchev–Trinajstić information content (AvgIpc) is 3.26. The van der Waals surface area contributed by atoms with E-state index in [4.69, 9.17) is 27.6 Å². The summed E-state index contributed by atoms with van der Waals surface area (Å²) < 4.78 is 5.60. The van der Waals surface area contributed by atoms with Gasteiger partial charge in [0.05, 0.1) is 21.6 Å². The number of fused-ring (bicyclic) bond motifs is 1. The van der Waals surface area contributed by atoms with Crippen LogP contribution in [0, 0.1) is 0 Å². The zero-order chi connectivity index (χ0) is 18.1. The first-order valence-corrected chi connectivity index (χ1v) is 8.61. The first-order valence-electron chi connectivity index (χ1n) is 7.86. The molecule has 2 aromatic carbocycles. The van der Waals surface area contributed by atoms with Crippen molar-refractivity contribution in [2.75, 3.05) is 0 Å². The number of carbonyl (C=O) groups excluding carboxylic acids is 1. The summed E-state index contributed by atoms with van der Waals surface area (Å²) >= 11 is 12.0. The molecule has 26 heavy (non-hydrogen) atoms. The number of aryl methyl sites for hydroxylation is 1. The Morgan fingerprint density at radius 2 is 1.96 bits per heavy atom. The Balaban J connectivity index is 1.46. The molecule has 0 atom stereocenters. The molecule has 0 radical (unpaired) electrons. The first-order chi connectivity index (χ1) is 12.6. The van der Waals surface area contributed by atoms with Crippen LogP contribution in [-0.4, -0.2) is 25.9 Å². The van der Waals surface area contributed by atoms with Crippen molar-refractivity contribution in [3.05, 3.63) is 64.2 Å². The van der Waals surface area contributed by atoms with Gasteiger partial charge in [0.2, 0.25) is 11.8 Å². The molecule has 0 aliphatic rings. The molecule has 0 bridgehead atoms. The van der Waals surface area contributed by atoms with E-state index in [0.29, 0.717) is 33.7 Å². The molecule has 0 saturated heterocycles. The molecule has 0 fully saturated rings. The Hall–Kier alpha value is -2.70. The van der Waals surface area contributed by atoms with Crippen LogP contribution in [0.4, 0.5) is 0 Å². The minimum Gasteiger partial charge on any atom is -0.421 e. The van der Waals surface area contributed by atoms with Crippen LogP contribution in [0.5, 0.6) is 0 Å². The Morgan fingerprint density at radius 3 is 2.77 bits per heavy atom. The first kappa shape index (κ1) is 16.8. The van der Waals surface area contributed by atoms with E-state index in [1.165, 1.54) is 0 Å². The van der Waals surface area contributed by atoms with E-state index in [9.17, 15) is 4.79 Å². The number of halogens is 2. The molecule has 0 aliphatic carbocycles. The lowest BCUT2D eigenvalue weighted by atomic mass is 10.2. The fourth-order valence-corrected chi connectivity index (χ4v) is 3.04. The fourth-order valence-electron chi connectivity index (χ4n) is 2.55. The van der Waals surface area contributed by atoms with Gasteiger partial charge in [0.15, 0.2) is 11.6 Å². The molecule has 0 unspecified atom stereocenters. The number of para-hydroxylation sites is 2. The maximum absolute atomic E-state index is 12.3. The molecule has 6 nitrogen and oxygen atoms in total. The van der Waals surface area contributed by atoms with Gasteiger partial charge >= 0.3 is 0 Å².